The van der Waals surface area contributed by atoms with Crippen molar-refractivity contribution in [2.24, 2.45) is 5.41 Å². The van der Waals surface area contributed by atoms with Gasteiger partial charge in [0.25, 0.3) is 0 Å². The first-order chi connectivity index (χ1) is 7.82. The summed E-state index contributed by atoms with van der Waals surface area (Å²) < 4.78 is 5.18. The summed E-state index contributed by atoms with van der Waals surface area (Å²) in [6.07, 6.45) is 0. The molecule has 0 aliphatic carbocycles. The lowest BCUT2D eigenvalue weighted by molar-refractivity contribution is -0.141. The van der Waals surface area contributed by atoms with E-state index in [9.17, 15) is 9.59 Å². The maximum atomic E-state index is 12.0. The molecule has 1 aliphatic rings. The minimum atomic E-state index is -0.473. The molecule has 1 rings (SSSR count). The van der Waals surface area contributed by atoms with Gasteiger partial charge in [0.2, 0.25) is 11.8 Å². The van der Waals surface area contributed by atoms with Crippen molar-refractivity contribution >= 4 is 11.8 Å². The van der Waals surface area contributed by atoms with Crippen LogP contribution < -0.4 is 5.32 Å². The first-order valence-electron chi connectivity index (χ1n) is 6.00. The van der Waals surface area contributed by atoms with E-state index in [1.54, 1.807) is 11.8 Å². The molecular formula is C12H22N2O3. The van der Waals surface area contributed by atoms with E-state index in [2.05, 4.69) is 5.32 Å². The number of hydrogen-bond acceptors (Lipinski definition) is 3. The smallest absolute Gasteiger partial charge is 0.245 e. The zero-order chi connectivity index (χ0) is 13.1. The molecule has 17 heavy (non-hydrogen) atoms. The molecule has 0 aromatic rings. The molecule has 5 heteroatoms. The predicted molar refractivity (Wildman–Crippen MR) is 64.5 cm³/mol. The van der Waals surface area contributed by atoms with Gasteiger partial charge in [0.1, 0.15) is 6.04 Å². The van der Waals surface area contributed by atoms with Gasteiger partial charge in [0.05, 0.1) is 13.2 Å². The Morgan fingerprint density at radius 3 is 2.24 bits per heavy atom. The van der Waals surface area contributed by atoms with Crippen LogP contribution in [0.25, 0.3) is 0 Å². The second kappa shape index (κ2) is 5.49. The van der Waals surface area contributed by atoms with E-state index in [4.69, 9.17) is 4.74 Å². The summed E-state index contributed by atoms with van der Waals surface area (Å²) in [6, 6.07) is -0.472. The minimum absolute atomic E-state index is 0.0362. The van der Waals surface area contributed by atoms with E-state index >= 15 is 0 Å². The van der Waals surface area contributed by atoms with Gasteiger partial charge >= 0.3 is 0 Å². The van der Waals surface area contributed by atoms with Crippen molar-refractivity contribution in [3.63, 3.8) is 0 Å². The van der Waals surface area contributed by atoms with Crippen LogP contribution in [0, 0.1) is 5.41 Å². The molecule has 0 saturated carbocycles. The van der Waals surface area contributed by atoms with E-state index < -0.39 is 11.5 Å². The topological polar surface area (TPSA) is 58.6 Å². The Labute approximate surface area is 102 Å². The molecule has 2 amide bonds. The molecule has 1 atom stereocenters. The molecule has 0 radical (unpaired) electrons. The van der Waals surface area contributed by atoms with Crippen molar-refractivity contribution in [2.45, 2.75) is 33.7 Å². The summed E-state index contributed by atoms with van der Waals surface area (Å²) in [6.45, 7) is 9.57. The Balaban J connectivity index is 2.49. The van der Waals surface area contributed by atoms with Crippen LogP contribution in [0.15, 0.2) is 0 Å². The summed E-state index contributed by atoms with van der Waals surface area (Å²) in [5.74, 6) is -0.141. The molecule has 1 fully saturated rings. The molecule has 1 unspecified atom stereocenters. The van der Waals surface area contributed by atoms with Gasteiger partial charge in [-0.15, -0.1) is 0 Å². The zero-order valence-electron chi connectivity index (χ0n) is 11.1. The fourth-order valence-corrected chi connectivity index (χ4v) is 1.53. The number of carbonyl (C=O) groups is 2. The average Bonchev–Trinajstić information content (AvgIpc) is 2.27. The van der Waals surface area contributed by atoms with Gasteiger partial charge < -0.3 is 15.0 Å². The highest BCUT2D eigenvalue weighted by atomic mass is 16.5. The van der Waals surface area contributed by atoms with Gasteiger partial charge in [-0.25, -0.2) is 0 Å². The quantitative estimate of drug-likeness (QED) is 0.762. The number of nitrogens with one attached hydrogen (secondary N) is 1. The summed E-state index contributed by atoms with van der Waals surface area (Å²) >= 11 is 0. The first kappa shape index (κ1) is 14.0. The molecule has 0 spiro atoms. The van der Waals surface area contributed by atoms with Crippen molar-refractivity contribution in [2.75, 3.05) is 26.3 Å². The largest absolute Gasteiger partial charge is 0.378 e. The fourth-order valence-electron chi connectivity index (χ4n) is 1.53. The molecule has 0 bridgehead atoms. The molecule has 1 saturated heterocycles. The van der Waals surface area contributed by atoms with Crippen LogP contribution in [-0.2, 0) is 14.3 Å². The number of amides is 2. The standard InChI is InChI=1S/C12H22N2O3/c1-9(13-11(16)12(2,3)4)10(15)14-5-7-17-8-6-14/h9H,5-8H2,1-4H3,(H,13,16). The lowest BCUT2D eigenvalue weighted by Crippen LogP contribution is -2.52. The SMILES string of the molecule is CC(NC(=O)C(C)(C)C)C(=O)N1CCOCC1. The van der Waals surface area contributed by atoms with Crippen LogP contribution in [-0.4, -0.2) is 49.1 Å². The molecule has 1 aliphatic heterocycles. The van der Waals surface area contributed by atoms with Crippen molar-refractivity contribution in [3.05, 3.63) is 0 Å². The Hall–Kier alpha value is -1.10. The average molecular weight is 242 g/mol. The number of rotatable bonds is 2. The maximum Gasteiger partial charge on any atom is 0.245 e. The first-order valence-corrected chi connectivity index (χ1v) is 6.00. The third-order valence-electron chi connectivity index (χ3n) is 2.72. The highest BCUT2D eigenvalue weighted by Gasteiger charge is 2.27. The number of ether oxygens (including phenoxy) is 1. The highest BCUT2D eigenvalue weighted by molar-refractivity contribution is 5.89. The number of nitrogens with zero attached hydrogens (tertiary/aromatic N) is 1. The molecule has 0 aromatic heterocycles. The number of morpholine rings is 1. The van der Waals surface area contributed by atoms with Crippen LogP contribution in [0.2, 0.25) is 0 Å². The lowest BCUT2D eigenvalue weighted by atomic mass is 9.95. The van der Waals surface area contributed by atoms with Crippen LogP contribution in [0.3, 0.4) is 0 Å². The maximum absolute atomic E-state index is 12.0. The summed E-state index contributed by atoms with van der Waals surface area (Å²) in [4.78, 5) is 25.5. The van der Waals surface area contributed by atoms with Crippen LogP contribution in [0.5, 0.6) is 0 Å². The molecule has 1 heterocycles. The molecule has 5 nitrogen and oxygen atoms in total. The Morgan fingerprint density at radius 1 is 1.24 bits per heavy atom. The van der Waals surface area contributed by atoms with Gasteiger partial charge in [-0.05, 0) is 6.92 Å². The van der Waals surface area contributed by atoms with Crippen LogP contribution in [0.4, 0.5) is 0 Å². The zero-order valence-corrected chi connectivity index (χ0v) is 11.1. The van der Waals surface area contributed by atoms with Crippen molar-refractivity contribution in [1.82, 2.24) is 10.2 Å². The molecule has 98 valence electrons. The van der Waals surface area contributed by atoms with Crippen LogP contribution >= 0.6 is 0 Å². The minimum Gasteiger partial charge on any atom is -0.378 e. The number of hydrogen-bond donors (Lipinski definition) is 1. The third-order valence-corrected chi connectivity index (χ3v) is 2.72. The Kier molecular flexibility index (Phi) is 4.51. The Morgan fingerprint density at radius 2 is 1.76 bits per heavy atom. The number of carbonyl (C=O) groups excluding carboxylic acids is 2. The van der Waals surface area contributed by atoms with E-state index in [1.165, 1.54) is 0 Å². The monoisotopic (exact) mass is 242 g/mol. The lowest BCUT2D eigenvalue weighted by Gasteiger charge is -2.30. The van der Waals surface area contributed by atoms with E-state index in [0.717, 1.165) is 0 Å². The second-order valence-electron chi connectivity index (χ2n) is 5.38. The van der Waals surface area contributed by atoms with E-state index in [-0.39, 0.29) is 11.8 Å². The van der Waals surface area contributed by atoms with Gasteiger partial charge in [-0.1, -0.05) is 20.8 Å². The fraction of sp³-hybridized carbons (Fsp3) is 0.833. The highest BCUT2D eigenvalue weighted by Crippen LogP contribution is 2.13. The van der Waals surface area contributed by atoms with E-state index in [0.29, 0.717) is 26.3 Å². The van der Waals surface area contributed by atoms with Crippen molar-refractivity contribution in [3.8, 4) is 0 Å². The summed E-state index contributed by atoms with van der Waals surface area (Å²) in [5, 5.41) is 2.75. The van der Waals surface area contributed by atoms with Crippen molar-refractivity contribution < 1.29 is 14.3 Å². The predicted octanol–water partition coefficient (Wildman–Crippen LogP) is 0.396. The van der Waals surface area contributed by atoms with Crippen molar-refractivity contribution in [1.29, 1.82) is 0 Å². The van der Waals surface area contributed by atoms with Gasteiger partial charge in [-0.2, -0.15) is 0 Å². The van der Waals surface area contributed by atoms with Gasteiger partial charge in [0, 0.05) is 18.5 Å². The summed E-state index contributed by atoms with van der Waals surface area (Å²) in [7, 11) is 0. The third kappa shape index (κ3) is 4.00. The second-order valence-corrected chi connectivity index (χ2v) is 5.38. The summed E-state index contributed by atoms with van der Waals surface area (Å²) in [5.41, 5.74) is -0.473. The molecule has 1 N–H and O–H groups in total. The normalized spacial score (nSPS) is 18.7. The molecule has 0 aromatic carbocycles. The van der Waals surface area contributed by atoms with Crippen LogP contribution in [0.1, 0.15) is 27.7 Å². The van der Waals surface area contributed by atoms with Gasteiger partial charge in [-0.3, -0.25) is 9.59 Å². The molecular weight excluding hydrogens is 220 g/mol. The Bertz CT molecular complexity index is 291. The van der Waals surface area contributed by atoms with E-state index in [1.807, 2.05) is 20.8 Å². The van der Waals surface area contributed by atoms with Gasteiger partial charge in [0.15, 0.2) is 0 Å².